The van der Waals surface area contributed by atoms with Gasteiger partial charge in [0, 0.05) is 30.8 Å². The number of tetrazole rings is 1. The zero-order valence-electron chi connectivity index (χ0n) is 18.3. The molecule has 2 amide bonds. The van der Waals surface area contributed by atoms with Crippen molar-refractivity contribution in [1.82, 2.24) is 30.1 Å². The van der Waals surface area contributed by atoms with Crippen LogP contribution >= 0.6 is 0 Å². The second kappa shape index (κ2) is 9.67. The van der Waals surface area contributed by atoms with Gasteiger partial charge in [-0.1, -0.05) is 50.2 Å². The summed E-state index contributed by atoms with van der Waals surface area (Å²) in [4.78, 5) is 33.3. The smallest absolute Gasteiger partial charge is 0.249 e. The lowest BCUT2D eigenvalue weighted by atomic mass is 9.94. The first kappa shape index (κ1) is 21.6. The molecule has 0 saturated carbocycles. The standard InChI is InChI=1S/C23H27N7O2/c1-16(2)20(30-27-21(26-28-30)17-8-4-3-5-9-17)23(32)29-14-11-18(12-15-29)22(31)25-19-10-6-7-13-24-19/h3-10,13,16,18,20H,11-12,14-15H2,1-2H3,(H,24,25,31). The molecule has 9 heteroatoms. The van der Waals surface area contributed by atoms with Crippen LogP contribution in [0.5, 0.6) is 0 Å². The van der Waals surface area contributed by atoms with Crippen LogP contribution in [0.3, 0.4) is 0 Å². The fourth-order valence-electron chi connectivity index (χ4n) is 3.91. The maximum atomic E-state index is 13.3. The van der Waals surface area contributed by atoms with Crippen molar-refractivity contribution >= 4 is 17.6 Å². The van der Waals surface area contributed by atoms with E-state index in [4.69, 9.17) is 0 Å². The molecule has 1 saturated heterocycles. The number of nitrogens with one attached hydrogen (secondary N) is 1. The molecule has 166 valence electrons. The Morgan fingerprint density at radius 2 is 1.75 bits per heavy atom. The largest absolute Gasteiger partial charge is 0.341 e. The number of likely N-dealkylation sites (tertiary alicyclic amines) is 1. The molecule has 0 aliphatic carbocycles. The number of aromatic nitrogens is 5. The highest BCUT2D eigenvalue weighted by Crippen LogP contribution is 2.25. The Balaban J connectivity index is 1.40. The highest BCUT2D eigenvalue weighted by atomic mass is 16.2. The van der Waals surface area contributed by atoms with Crippen molar-refractivity contribution in [2.24, 2.45) is 11.8 Å². The van der Waals surface area contributed by atoms with Crippen molar-refractivity contribution in [3.05, 3.63) is 54.7 Å². The first-order chi connectivity index (χ1) is 15.5. The normalized spacial score (nSPS) is 15.5. The first-order valence-corrected chi connectivity index (χ1v) is 10.9. The minimum absolute atomic E-state index is 0.00880. The lowest BCUT2D eigenvalue weighted by molar-refractivity contribution is -0.139. The van der Waals surface area contributed by atoms with Gasteiger partial charge in [0.1, 0.15) is 5.82 Å². The van der Waals surface area contributed by atoms with Gasteiger partial charge in [0.05, 0.1) is 0 Å². The molecule has 0 spiro atoms. The molecular formula is C23H27N7O2. The molecule has 1 N–H and O–H groups in total. The maximum absolute atomic E-state index is 13.3. The monoisotopic (exact) mass is 433 g/mol. The molecule has 0 radical (unpaired) electrons. The van der Waals surface area contributed by atoms with Gasteiger partial charge in [0.25, 0.3) is 0 Å². The molecule has 3 heterocycles. The van der Waals surface area contributed by atoms with Gasteiger partial charge in [-0.25, -0.2) is 4.98 Å². The second-order valence-corrected chi connectivity index (χ2v) is 8.29. The summed E-state index contributed by atoms with van der Waals surface area (Å²) in [7, 11) is 0. The van der Waals surface area contributed by atoms with Gasteiger partial charge in [-0.05, 0) is 36.1 Å². The zero-order valence-corrected chi connectivity index (χ0v) is 18.3. The van der Waals surface area contributed by atoms with Gasteiger partial charge in [0.15, 0.2) is 6.04 Å². The molecule has 1 unspecified atom stereocenters. The number of carbonyl (C=O) groups excluding carboxylic acids is 2. The molecule has 4 rings (SSSR count). The van der Waals surface area contributed by atoms with Crippen molar-refractivity contribution < 1.29 is 9.59 Å². The van der Waals surface area contributed by atoms with Crippen LogP contribution in [-0.2, 0) is 9.59 Å². The molecule has 3 aromatic rings. The van der Waals surface area contributed by atoms with Crippen molar-refractivity contribution in [3.8, 4) is 11.4 Å². The summed E-state index contributed by atoms with van der Waals surface area (Å²) in [5.74, 6) is 0.789. The third kappa shape index (κ3) is 4.82. The minimum Gasteiger partial charge on any atom is -0.341 e. The summed E-state index contributed by atoms with van der Waals surface area (Å²) in [5.41, 5.74) is 0.855. The number of hydrogen-bond donors (Lipinski definition) is 1. The van der Waals surface area contributed by atoms with Crippen molar-refractivity contribution in [2.75, 3.05) is 18.4 Å². The van der Waals surface area contributed by atoms with Crippen molar-refractivity contribution in [3.63, 3.8) is 0 Å². The van der Waals surface area contributed by atoms with E-state index in [-0.39, 0.29) is 23.7 Å². The van der Waals surface area contributed by atoms with Gasteiger partial charge in [0.2, 0.25) is 17.6 Å². The molecule has 1 atom stereocenters. The molecule has 2 aromatic heterocycles. The van der Waals surface area contributed by atoms with Crippen LogP contribution < -0.4 is 5.32 Å². The summed E-state index contributed by atoms with van der Waals surface area (Å²) in [6, 6.07) is 14.4. The third-order valence-electron chi connectivity index (χ3n) is 5.69. The fourth-order valence-corrected chi connectivity index (χ4v) is 3.91. The lowest BCUT2D eigenvalue weighted by Crippen LogP contribution is -2.46. The number of hydrogen-bond acceptors (Lipinski definition) is 6. The third-order valence-corrected chi connectivity index (χ3v) is 5.69. The number of piperidine rings is 1. The quantitative estimate of drug-likeness (QED) is 0.641. The Labute approximate surface area is 186 Å². The van der Waals surface area contributed by atoms with E-state index < -0.39 is 6.04 Å². The first-order valence-electron chi connectivity index (χ1n) is 10.9. The predicted molar refractivity (Wildman–Crippen MR) is 119 cm³/mol. The van der Waals surface area contributed by atoms with Gasteiger partial charge in [-0.2, -0.15) is 4.80 Å². The van der Waals surface area contributed by atoms with E-state index in [1.165, 1.54) is 4.80 Å². The molecule has 1 fully saturated rings. The molecule has 1 aliphatic rings. The van der Waals surface area contributed by atoms with E-state index in [2.05, 4.69) is 25.7 Å². The van der Waals surface area contributed by atoms with E-state index in [0.29, 0.717) is 37.6 Å². The minimum atomic E-state index is -0.543. The number of benzene rings is 1. The molecule has 0 bridgehead atoms. The molecular weight excluding hydrogens is 406 g/mol. The van der Waals surface area contributed by atoms with Gasteiger partial charge < -0.3 is 10.2 Å². The van der Waals surface area contributed by atoms with Crippen molar-refractivity contribution in [2.45, 2.75) is 32.7 Å². The van der Waals surface area contributed by atoms with E-state index >= 15 is 0 Å². The van der Waals surface area contributed by atoms with Crippen LogP contribution in [0.25, 0.3) is 11.4 Å². The molecule has 1 aliphatic heterocycles. The van der Waals surface area contributed by atoms with Crippen LogP contribution in [0.15, 0.2) is 54.7 Å². The van der Waals surface area contributed by atoms with Gasteiger partial charge in [-0.3, -0.25) is 9.59 Å². The highest BCUT2D eigenvalue weighted by molar-refractivity contribution is 5.92. The van der Waals surface area contributed by atoms with Crippen LogP contribution in [0.1, 0.15) is 32.7 Å². The topological polar surface area (TPSA) is 106 Å². The second-order valence-electron chi connectivity index (χ2n) is 8.29. The van der Waals surface area contributed by atoms with Crippen molar-refractivity contribution in [1.29, 1.82) is 0 Å². The number of anilines is 1. The SMILES string of the molecule is CC(C)C(C(=O)N1CCC(C(=O)Nc2ccccn2)CC1)n1nnc(-c2ccccc2)n1. The van der Waals surface area contributed by atoms with E-state index in [9.17, 15) is 9.59 Å². The Hall–Kier alpha value is -3.62. The van der Waals surface area contributed by atoms with Gasteiger partial charge in [-0.15, -0.1) is 10.2 Å². The Morgan fingerprint density at radius 3 is 2.41 bits per heavy atom. The van der Waals surface area contributed by atoms with E-state index in [1.54, 1.807) is 23.2 Å². The van der Waals surface area contributed by atoms with Crippen LogP contribution in [0.4, 0.5) is 5.82 Å². The average Bonchev–Trinajstić information content (AvgIpc) is 3.30. The summed E-state index contributed by atoms with van der Waals surface area (Å²) in [5, 5.41) is 15.7. The summed E-state index contributed by atoms with van der Waals surface area (Å²) >= 11 is 0. The average molecular weight is 434 g/mol. The Kier molecular flexibility index (Phi) is 6.53. The number of pyridine rings is 1. The number of nitrogens with zero attached hydrogens (tertiary/aromatic N) is 6. The fraction of sp³-hybridized carbons (Fsp3) is 0.391. The maximum Gasteiger partial charge on any atom is 0.249 e. The van der Waals surface area contributed by atoms with Crippen LogP contribution in [0.2, 0.25) is 0 Å². The highest BCUT2D eigenvalue weighted by Gasteiger charge is 2.34. The molecule has 1 aromatic carbocycles. The molecule has 32 heavy (non-hydrogen) atoms. The lowest BCUT2D eigenvalue weighted by Gasteiger charge is -2.34. The summed E-state index contributed by atoms with van der Waals surface area (Å²) < 4.78 is 0. The Morgan fingerprint density at radius 1 is 1.03 bits per heavy atom. The van der Waals surface area contributed by atoms with Gasteiger partial charge >= 0.3 is 0 Å². The number of amides is 2. The van der Waals surface area contributed by atoms with Crippen LogP contribution in [0, 0.1) is 11.8 Å². The predicted octanol–water partition coefficient (Wildman–Crippen LogP) is 2.81. The summed E-state index contributed by atoms with van der Waals surface area (Å²) in [6.45, 7) is 4.98. The number of rotatable bonds is 6. The number of carbonyl (C=O) groups is 2. The van der Waals surface area contributed by atoms with E-state index in [1.807, 2.05) is 50.2 Å². The van der Waals surface area contributed by atoms with E-state index in [0.717, 1.165) is 5.56 Å². The molecule has 9 nitrogen and oxygen atoms in total. The van der Waals surface area contributed by atoms with Crippen LogP contribution in [-0.4, -0.2) is 55.0 Å². The zero-order chi connectivity index (χ0) is 22.5. The summed E-state index contributed by atoms with van der Waals surface area (Å²) in [6.07, 6.45) is 2.86. The Bertz CT molecular complexity index is 1040.